The molecule has 5 nitrogen and oxygen atoms in total. The Balaban J connectivity index is 2.44. The van der Waals surface area contributed by atoms with E-state index < -0.39 is 11.7 Å². The fourth-order valence-corrected chi connectivity index (χ4v) is 2.02. The van der Waals surface area contributed by atoms with Gasteiger partial charge in [0.15, 0.2) is 0 Å². The summed E-state index contributed by atoms with van der Waals surface area (Å²) in [7, 11) is 0. The van der Waals surface area contributed by atoms with Crippen LogP contribution in [0.5, 0.6) is 0 Å². The minimum Gasteiger partial charge on any atom is -0.444 e. The van der Waals surface area contributed by atoms with Crippen molar-refractivity contribution >= 4 is 17.6 Å². The van der Waals surface area contributed by atoms with E-state index in [9.17, 15) is 4.79 Å². The number of nitrogens with one attached hydrogen (secondary N) is 2. The molecule has 1 atom stereocenters. The van der Waals surface area contributed by atoms with E-state index in [1.807, 2.05) is 26.8 Å². The molecule has 0 aliphatic carbocycles. The lowest BCUT2D eigenvalue weighted by Gasteiger charge is -2.19. The molecule has 0 fully saturated rings. The lowest BCUT2D eigenvalue weighted by atomic mass is 10.1. The van der Waals surface area contributed by atoms with E-state index in [0.29, 0.717) is 11.9 Å². The molecule has 0 bridgehead atoms. The van der Waals surface area contributed by atoms with Crippen LogP contribution in [0.15, 0.2) is 18.3 Å². The van der Waals surface area contributed by atoms with Gasteiger partial charge in [-0.1, -0.05) is 26.2 Å². The van der Waals surface area contributed by atoms with Gasteiger partial charge in [-0.15, -0.1) is 0 Å². The maximum atomic E-state index is 11.6. The molecule has 124 valence electrons. The molecule has 0 saturated carbocycles. The molecule has 0 aliphatic heterocycles. The Labute approximate surface area is 133 Å². The summed E-state index contributed by atoms with van der Waals surface area (Å²) in [4.78, 5) is 15.9. The zero-order valence-electron chi connectivity index (χ0n) is 14.4. The standard InChI is InChI=1S/C17H29N3O2/c1-6-7-8-9-13(2)19-14-10-11-15(18-12-14)20-16(21)22-17(3,4)5/h10-13,19H,6-9H2,1-5H3,(H,18,20,21). The fourth-order valence-electron chi connectivity index (χ4n) is 2.02. The van der Waals surface area contributed by atoms with Crippen LogP contribution in [0.3, 0.4) is 0 Å². The summed E-state index contributed by atoms with van der Waals surface area (Å²) < 4.78 is 5.19. The van der Waals surface area contributed by atoms with Crippen LogP contribution in [0.2, 0.25) is 0 Å². The first-order chi connectivity index (χ1) is 10.3. The van der Waals surface area contributed by atoms with Crippen LogP contribution in [0.1, 0.15) is 60.3 Å². The molecule has 1 rings (SSSR count). The lowest BCUT2D eigenvalue weighted by Crippen LogP contribution is -2.27. The van der Waals surface area contributed by atoms with E-state index >= 15 is 0 Å². The van der Waals surface area contributed by atoms with Crippen molar-refractivity contribution in [3.8, 4) is 0 Å². The smallest absolute Gasteiger partial charge is 0.413 e. The van der Waals surface area contributed by atoms with Gasteiger partial charge in [0.25, 0.3) is 0 Å². The predicted molar refractivity (Wildman–Crippen MR) is 91.3 cm³/mol. The fraction of sp³-hybridized carbons (Fsp3) is 0.647. The zero-order valence-corrected chi connectivity index (χ0v) is 14.4. The number of carbonyl (C=O) groups is 1. The molecule has 0 radical (unpaired) electrons. The van der Waals surface area contributed by atoms with E-state index in [0.717, 1.165) is 12.1 Å². The van der Waals surface area contributed by atoms with Gasteiger partial charge < -0.3 is 10.1 Å². The number of unbranched alkanes of at least 4 members (excludes halogenated alkanes) is 2. The van der Waals surface area contributed by atoms with Gasteiger partial charge in [0.1, 0.15) is 11.4 Å². The molecule has 1 aromatic rings. The van der Waals surface area contributed by atoms with Crippen LogP contribution >= 0.6 is 0 Å². The monoisotopic (exact) mass is 307 g/mol. The minimum absolute atomic E-state index is 0.415. The first-order valence-electron chi connectivity index (χ1n) is 8.02. The van der Waals surface area contributed by atoms with Crippen LogP contribution in [0.4, 0.5) is 16.3 Å². The van der Waals surface area contributed by atoms with Gasteiger partial charge in [0.05, 0.1) is 11.9 Å². The van der Waals surface area contributed by atoms with Crippen molar-refractivity contribution in [1.29, 1.82) is 0 Å². The normalized spacial score (nSPS) is 12.6. The quantitative estimate of drug-likeness (QED) is 0.710. The van der Waals surface area contributed by atoms with Gasteiger partial charge in [0, 0.05) is 6.04 Å². The van der Waals surface area contributed by atoms with Crippen molar-refractivity contribution in [2.75, 3.05) is 10.6 Å². The molecule has 2 N–H and O–H groups in total. The number of aromatic nitrogens is 1. The number of hydrogen-bond donors (Lipinski definition) is 2. The summed E-state index contributed by atoms with van der Waals surface area (Å²) >= 11 is 0. The number of pyridine rings is 1. The van der Waals surface area contributed by atoms with Crippen molar-refractivity contribution in [3.05, 3.63) is 18.3 Å². The molecule has 1 amide bonds. The molecule has 0 saturated heterocycles. The second-order valence-corrected chi connectivity index (χ2v) is 6.60. The number of anilines is 2. The Kier molecular flexibility index (Phi) is 7.15. The van der Waals surface area contributed by atoms with Crippen molar-refractivity contribution < 1.29 is 9.53 Å². The molecule has 1 aromatic heterocycles. The maximum Gasteiger partial charge on any atom is 0.413 e. The average molecular weight is 307 g/mol. The predicted octanol–water partition coefficient (Wildman–Crippen LogP) is 4.81. The molecule has 1 heterocycles. The summed E-state index contributed by atoms with van der Waals surface area (Å²) in [6, 6.07) is 4.10. The summed E-state index contributed by atoms with van der Waals surface area (Å²) in [5.41, 5.74) is 0.443. The summed E-state index contributed by atoms with van der Waals surface area (Å²) in [5, 5.41) is 6.03. The van der Waals surface area contributed by atoms with E-state index in [1.165, 1.54) is 19.3 Å². The number of ether oxygens (including phenoxy) is 1. The second-order valence-electron chi connectivity index (χ2n) is 6.60. The van der Waals surface area contributed by atoms with Crippen molar-refractivity contribution in [3.63, 3.8) is 0 Å². The number of nitrogens with zero attached hydrogens (tertiary/aromatic N) is 1. The third kappa shape index (κ3) is 7.86. The number of rotatable bonds is 7. The molecular formula is C17H29N3O2. The van der Waals surface area contributed by atoms with Gasteiger partial charge in [-0.2, -0.15) is 0 Å². The lowest BCUT2D eigenvalue weighted by molar-refractivity contribution is 0.0635. The number of hydrogen-bond acceptors (Lipinski definition) is 4. The van der Waals surface area contributed by atoms with E-state index in [2.05, 4.69) is 29.5 Å². The van der Waals surface area contributed by atoms with Crippen LogP contribution in [-0.2, 0) is 4.74 Å². The minimum atomic E-state index is -0.514. The Morgan fingerprint density at radius 2 is 2.05 bits per heavy atom. The summed E-state index contributed by atoms with van der Waals surface area (Å²) in [6.45, 7) is 9.85. The molecule has 1 unspecified atom stereocenters. The van der Waals surface area contributed by atoms with E-state index in [-0.39, 0.29) is 0 Å². The second kappa shape index (κ2) is 8.61. The average Bonchev–Trinajstić information content (AvgIpc) is 2.39. The van der Waals surface area contributed by atoms with E-state index in [4.69, 9.17) is 4.74 Å². The van der Waals surface area contributed by atoms with Crippen LogP contribution in [0.25, 0.3) is 0 Å². The Morgan fingerprint density at radius 1 is 1.32 bits per heavy atom. The van der Waals surface area contributed by atoms with Crippen LogP contribution in [-0.4, -0.2) is 22.7 Å². The summed E-state index contributed by atoms with van der Waals surface area (Å²) in [6.07, 6.45) is 6.11. The highest BCUT2D eigenvalue weighted by Crippen LogP contribution is 2.14. The highest BCUT2D eigenvalue weighted by atomic mass is 16.6. The molecule has 0 aliphatic rings. The first-order valence-corrected chi connectivity index (χ1v) is 8.02. The van der Waals surface area contributed by atoms with Gasteiger partial charge in [-0.05, 0) is 46.2 Å². The Bertz CT molecular complexity index is 452. The van der Waals surface area contributed by atoms with Gasteiger partial charge in [0.2, 0.25) is 0 Å². The molecule has 0 aromatic carbocycles. The molecule has 0 spiro atoms. The first kappa shape index (κ1) is 18.3. The summed E-state index contributed by atoms with van der Waals surface area (Å²) in [5.74, 6) is 0.485. The van der Waals surface area contributed by atoms with Gasteiger partial charge >= 0.3 is 6.09 Å². The highest BCUT2D eigenvalue weighted by Gasteiger charge is 2.16. The SMILES string of the molecule is CCCCCC(C)Nc1ccc(NC(=O)OC(C)(C)C)nc1. The molecule has 5 heteroatoms. The largest absolute Gasteiger partial charge is 0.444 e. The Hall–Kier alpha value is -1.78. The van der Waals surface area contributed by atoms with Crippen molar-refractivity contribution in [1.82, 2.24) is 4.98 Å². The van der Waals surface area contributed by atoms with E-state index in [1.54, 1.807) is 12.3 Å². The van der Waals surface area contributed by atoms with Gasteiger partial charge in [-0.25, -0.2) is 9.78 Å². The molecular weight excluding hydrogens is 278 g/mol. The van der Waals surface area contributed by atoms with Crippen LogP contribution < -0.4 is 10.6 Å². The topological polar surface area (TPSA) is 63.2 Å². The van der Waals surface area contributed by atoms with Gasteiger partial charge in [-0.3, -0.25) is 5.32 Å². The maximum absolute atomic E-state index is 11.6. The molecule has 22 heavy (non-hydrogen) atoms. The Morgan fingerprint density at radius 3 is 2.59 bits per heavy atom. The number of carbonyl (C=O) groups excluding carboxylic acids is 1. The highest BCUT2D eigenvalue weighted by molar-refractivity contribution is 5.83. The van der Waals surface area contributed by atoms with Crippen molar-refractivity contribution in [2.45, 2.75) is 71.9 Å². The van der Waals surface area contributed by atoms with Crippen LogP contribution in [0, 0.1) is 0 Å². The third-order valence-electron chi connectivity index (χ3n) is 3.05. The van der Waals surface area contributed by atoms with Crippen molar-refractivity contribution in [2.24, 2.45) is 0 Å². The third-order valence-corrected chi connectivity index (χ3v) is 3.05. The zero-order chi connectivity index (χ0) is 16.6. The number of amides is 1.